The SMILES string of the molecule is Cc1nn(C)c(N2CC3CCCC3C2)c1CNC(C)(C)C. The normalized spacial score (nSPS) is 25.7. The summed E-state index contributed by atoms with van der Waals surface area (Å²) < 4.78 is 2.09. The van der Waals surface area contributed by atoms with Crippen molar-refractivity contribution in [3.8, 4) is 0 Å². The van der Waals surface area contributed by atoms with Gasteiger partial charge in [-0.15, -0.1) is 0 Å². The van der Waals surface area contributed by atoms with E-state index < -0.39 is 0 Å². The Kier molecular flexibility index (Phi) is 3.76. The summed E-state index contributed by atoms with van der Waals surface area (Å²) in [5.41, 5.74) is 2.69. The van der Waals surface area contributed by atoms with Gasteiger partial charge in [0.1, 0.15) is 5.82 Å². The van der Waals surface area contributed by atoms with Crippen molar-refractivity contribution in [2.24, 2.45) is 18.9 Å². The Hall–Kier alpha value is -1.03. The van der Waals surface area contributed by atoms with Crippen LogP contribution < -0.4 is 10.2 Å². The summed E-state index contributed by atoms with van der Waals surface area (Å²) >= 11 is 0. The molecule has 2 unspecified atom stereocenters. The molecule has 2 fully saturated rings. The number of aromatic nitrogens is 2. The highest BCUT2D eigenvalue weighted by atomic mass is 15.4. The number of nitrogens with zero attached hydrogens (tertiary/aromatic N) is 3. The van der Waals surface area contributed by atoms with Crippen molar-refractivity contribution in [2.75, 3.05) is 18.0 Å². The third-order valence-corrected chi connectivity index (χ3v) is 5.13. The van der Waals surface area contributed by atoms with Crippen molar-refractivity contribution in [1.29, 1.82) is 0 Å². The molecule has 3 rings (SSSR count). The van der Waals surface area contributed by atoms with Crippen LogP contribution in [0.15, 0.2) is 0 Å². The summed E-state index contributed by atoms with van der Waals surface area (Å²) in [5.74, 6) is 3.19. The van der Waals surface area contributed by atoms with Gasteiger partial charge in [0.25, 0.3) is 0 Å². The molecular formula is C17H30N4. The van der Waals surface area contributed by atoms with Crippen LogP contribution in [0.3, 0.4) is 0 Å². The zero-order chi connectivity index (χ0) is 15.2. The minimum atomic E-state index is 0.140. The summed E-state index contributed by atoms with van der Waals surface area (Å²) in [6, 6.07) is 0. The second-order valence-corrected chi connectivity index (χ2v) is 7.97. The summed E-state index contributed by atoms with van der Waals surface area (Å²) in [7, 11) is 2.09. The molecule has 4 nitrogen and oxygen atoms in total. The van der Waals surface area contributed by atoms with Crippen LogP contribution in [0.25, 0.3) is 0 Å². The molecule has 21 heavy (non-hydrogen) atoms. The van der Waals surface area contributed by atoms with Crippen LogP contribution in [0.5, 0.6) is 0 Å². The molecule has 1 saturated carbocycles. The van der Waals surface area contributed by atoms with E-state index in [4.69, 9.17) is 0 Å². The van der Waals surface area contributed by atoms with Crippen LogP contribution >= 0.6 is 0 Å². The van der Waals surface area contributed by atoms with Crippen LogP contribution in [-0.4, -0.2) is 28.4 Å². The third-order valence-electron chi connectivity index (χ3n) is 5.13. The summed E-state index contributed by atoms with van der Waals surface area (Å²) in [6.07, 6.45) is 4.28. The molecule has 1 aliphatic carbocycles. The van der Waals surface area contributed by atoms with Crippen LogP contribution in [0.4, 0.5) is 5.82 Å². The summed E-state index contributed by atoms with van der Waals surface area (Å²) in [4.78, 5) is 2.59. The van der Waals surface area contributed by atoms with Crippen molar-refractivity contribution in [1.82, 2.24) is 15.1 Å². The van der Waals surface area contributed by atoms with Crippen LogP contribution in [0.1, 0.15) is 51.3 Å². The first-order valence-corrected chi connectivity index (χ1v) is 8.37. The average molecular weight is 290 g/mol. The highest BCUT2D eigenvalue weighted by Gasteiger charge is 2.38. The Morgan fingerprint density at radius 2 is 1.81 bits per heavy atom. The Morgan fingerprint density at radius 1 is 1.19 bits per heavy atom. The zero-order valence-electron chi connectivity index (χ0n) is 14.2. The summed E-state index contributed by atoms with van der Waals surface area (Å²) in [5, 5.41) is 8.31. The third kappa shape index (κ3) is 2.96. The molecule has 0 spiro atoms. The van der Waals surface area contributed by atoms with Crippen molar-refractivity contribution in [3.63, 3.8) is 0 Å². The maximum absolute atomic E-state index is 4.69. The first-order chi connectivity index (χ1) is 9.85. The number of hydrogen-bond donors (Lipinski definition) is 1. The first-order valence-electron chi connectivity index (χ1n) is 8.37. The Balaban J connectivity index is 1.81. The number of rotatable bonds is 3. The van der Waals surface area contributed by atoms with Crippen LogP contribution in [0.2, 0.25) is 0 Å². The second-order valence-electron chi connectivity index (χ2n) is 7.97. The average Bonchev–Trinajstić information content (AvgIpc) is 2.98. The molecule has 1 aromatic heterocycles. The monoisotopic (exact) mass is 290 g/mol. The number of aryl methyl sites for hydroxylation is 2. The van der Waals surface area contributed by atoms with Crippen molar-refractivity contribution in [2.45, 2.75) is 59.0 Å². The van der Waals surface area contributed by atoms with E-state index in [0.717, 1.165) is 18.4 Å². The highest BCUT2D eigenvalue weighted by Crippen LogP contribution is 2.40. The van der Waals surface area contributed by atoms with Crippen LogP contribution in [-0.2, 0) is 13.6 Å². The van der Waals surface area contributed by atoms with Gasteiger partial charge >= 0.3 is 0 Å². The second kappa shape index (κ2) is 5.31. The number of fused-ring (bicyclic) bond motifs is 1. The maximum Gasteiger partial charge on any atom is 0.131 e. The number of nitrogens with one attached hydrogen (secondary N) is 1. The smallest absolute Gasteiger partial charge is 0.131 e. The lowest BCUT2D eigenvalue weighted by Gasteiger charge is -2.24. The van der Waals surface area contributed by atoms with Crippen LogP contribution in [0, 0.1) is 18.8 Å². The minimum Gasteiger partial charge on any atom is -0.356 e. The molecule has 1 saturated heterocycles. The Morgan fingerprint density at radius 3 is 2.38 bits per heavy atom. The van der Waals surface area contributed by atoms with Crippen molar-refractivity contribution < 1.29 is 0 Å². The molecule has 2 heterocycles. The fourth-order valence-electron chi connectivity index (χ4n) is 4.05. The summed E-state index contributed by atoms with van der Waals surface area (Å²) in [6.45, 7) is 12.2. The van der Waals surface area contributed by atoms with E-state index in [1.54, 1.807) is 0 Å². The molecule has 1 aromatic rings. The number of anilines is 1. The Labute approximate surface area is 128 Å². The van der Waals surface area contributed by atoms with Gasteiger partial charge in [0.15, 0.2) is 0 Å². The maximum atomic E-state index is 4.69. The molecular weight excluding hydrogens is 260 g/mol. The lowest BCUT2D eigenvalue weighted by molar-refractivity contribution is 0.423. The van der Waals surface area contributed by atoms with Crippen molar-refractivity contribution >= 4 is 5.82 Å². The standard InChI is InChI=1S/C17H30N4/c1-12-15(9-18-17(2,3)4)16(20(5)19-12)21-10-13-7-6-8-14(13)11-21/h13-14,18H,6-11H2,1-5H3. The predicted molar refractivity (Wildman–Crippen MR) is 87.6 cm³/mol. The van der Waals surface area contributed by atoms with E-state index in [-0.39, 0.29) is 5.54 Å². The van der Waals surface area contributed by atoms with E-state index in [1.165, 1.54) is 49.4 Å². The van der Waals surface area contributed by atoms with Gasteiger partial charge in [-0.25, -0.2) is 0 Å². The van der Waals surface area contributed by atoms with Gasteiger partial charge in [-0.2, -0.15) is 5.10 Å². The molecule has 0 bridgehead atoms. The van der Waals surface area contributed by atoms with Crippen molar-refractivity contribution in [3.05, 3.63) is 11.3 Å². The van der Waals surface area contributed by atoms with Gasteiger partial charge in [-0.05, 0) is 52.4 Å². The molecule has 2 aliphatic rings. The van der Waals surface area contributed by atoms with Gasteiger partial charge in [0.2, 0.25) is 0 Å². The molecule has 4 heteroatoms. The molecule has 1 N–H and O–H groups in total. The fourth-order valence-corrected chi connectivity index (χ4v) is 4.05. The Bertz CT molecular complexity index is 500. The fraction of sp³-hybridized carbons (Fsp3) is 0.824. The molecule has 0 aromatic carbocycles. The number of hydrogen-bond acceptors (Lipinski definition) is 3. The molecule has 0 amide bonds. The van der Waals surface area contributed by atoms with E-state index in [0.29, 0.717) is 0 Å². The lowest BCUT2D eigenvalue weighted by Crippen LogP contribution is -2.36. The lowest BCUT2D eigenvalue weighted by atomic mass is 10.0. The molecule has 1 aliphatic heterocycles. The zero-order valence-corrected chi connectivity index (χ0v) is 14.2. The van der Waals surface area contributed by atoms with Gasteiger partial charge < -0.3 is 10.2 Å². The van der Waals surface area contributed by atoms with E-state index in [2.05, 4.69) is 54.7 Å². The van der Waals surface area contributed by atoms with E-state index in [1.807, 2.05) is 0 Å². The van der Waals surface area contributed by atoms with E-state index in [9.17, 15) is 0 Å². The molecule has 0 radical (unpaired) electrons. The predicted octanol–water partition coefficient (Wildman–Crippen LogP) is 2.85. The quantitative estimate of drug-likeness (QED) is 0.929. The topological polar surface area (TPSA) is 33.1 Å². The van der Waals surface area contributed by atoms with E-state index >= 15 is 0 Å². The molecule has 118 valence electrons. The minimum absolute atomic E-state index is 0.140. The van der Waals surface area contributed by atoms with Gasteiger partial charge in [-0.3, -0.25) is 4.68 Å². The van der Waals surface area contributed by atoms with Gasteiger partial charge in [0, 0.05) is 37.8 Å². The first kappa shape index (κ1) is 14.9. The van der Waals surface area contributed by atoms with Gasteiger partial charge in [0.05, 0.1) is 5.69 Å². The molecule has 2 atom stereocenters. The van der Waals surface area contributed by atoms with Gasteiger partial charge in [-0.1, -0.05) is 6.42 Å². The largest absolute Gasteiger partial charge is 0.356 e. The highest BCUT2D eigenvalue weighted by molar-refractivity contribution is 5.51.